The number of amides is 1. The molecule has 176 valence electrons. The summed E-state index contributed by atoms with van der Waals surface area (Å²) in [6, 6.07) is 0.173. The van der Waals surface area contributed by atoms with Gasteiger partial charge in [0, 0.05) is 37.7 Å². The Balaban J connectivity index is 1.35. The van der Waals surface area contributed by atoms with Gasteiger partial charge < -0.3 is 15.0 Å². The van der Waals surface area contributed by atoms with Crippen molar-refractivity contribution in [1.29, 1.82) is 0 Å². The molecule has 6 rings (SSSR count). The minimum absolute atomic E-state index is 0.0397. The number of carbonyl (C=O) groups excluding carboxylic acids is 1. The topological polar surface area (TPSA) is 83.5 Å². The molecule has 1 N–H and O–H groups in total. The Bertz CT molecular complexity index is 1110. The molecule has 33 heavy (non-hydrogen) atoms. The quantitative estimate of drug-likeness (QED) is 0.682. The highest BCUT2D eigenvalue weighted by molar-refractivity contribution is 6.30. The smallest absolute Gasteiger partial charge is 0.319 e. The Hall–Kier alpha value is -2.26. The number of halogens is 2. The summed E-state index contributed by atoms with van der Waals surface area (Å²) >= 11 is 5.99. The normalized spacial score (nSPS) is 26.8. The van der Waals surface area contributed by atoms with E-state index in [2.05, 4.69) is 25.1 Å². The number of hydrogen-bond acceptors (Lipinski definition) is 7. The highest BCUT2D eigenvalue weighted by Gasteiger charge is 2.45. The first kappa shape index (κ1) is 21.3. The first-order valence-corrected chi connectivity index (χ1v) is 12.3. The van der Waals surface area contributed by atoms with Crippen molar-refractivity contribution >= 4 is 34.2 Å². The summed E-state index contributed by atoms with van der Waals surface area (Å²) < 4.78 is 21.2. The SMILES string of the molecule is O=C1CC2(CCCN(c3nc(OCC45CCCN4CCC5)nc4c(F)c(Cl)ncc34)C2)CN1. The minimum Gasteiger partial charge on any atom is -0.461 e. The second-order valence-electron chi connectivity index (χ2n) is 10.1. The second-order valence-corrected chi connectivity index (χ2v) is 10.5. The molecular formula is C23H28ClFN6O2. The van der Waals surface area contributed by atoms with E-state index in [1.54, 1.807) is 0 Å². The first-order valence-electron chi connectivity index (χ1n) is 11.9. The molecule has 1 spiro atoms. The number of fused-ring (bicyclic) bond motifs is 2. The molecule has 0 aromatic carbocycles. The molecular weight excluding hydrogens is 447 g/mol. The number of carbonyl (C=O) groups is 1. The van der Waals surface area contributed by atoms with Gasteiger partial charge in [-0.2, -0.15) is 9.97 Å². The Morgan fingerprint density at radius 2 is 1.94 bits per heavy atom. The van der Waals surface area contributed by atoms with Gasteiger partial charge in [0.25, 0.3) is 0 Å². The standard InChI is InChI=1S/C23H28ClFN6O2/c24-19-17(25)18-15(11-26-19)20(30-7-1-4-22(13-30)10-16(32)27-12-22)29-21(28-18)33-14-23-5-2-8-31(23)9-3-6-23/h11H,1-10,12-14H2,(H,27,32). The molecule has 0 saturated carbocycles. The lowest BCUT2D eigenvalue weighted by Crippen LogP contribution is -2.45. The number of pyridine rings is 1. The molecule has 2 aromatic heterocycles. The van der Waals surface area contributed by atoms with E-state index in [9.17, 15) is 4.79 Å². The average Bonchev–Trinajstić information content (AvgIpc) is 3.49. The fraction of sp³-hybridized carbons (Fsp3) is 0.652. The van der Waals surface area contributed by atoms with Crippen LogP contribution in [-0.4, -0.2) is 70.6 Å². The molecule has 4 aliphatic heterocycles. The highest BCUT2D eigenvalue weighted by Crippen LogP contribution is 2.41. The maximum Gasteiger partial charge on any atom is 0.319 e. The summed E-state index contributed by atoms with van der Waals surface area (Å²) in [6.07, 6.45) is 8.50. The van der Waals surface area contributed by atoms with Gasteiger partial charge in [0.2, 0.25) is 5.91 Å². The van der Waals surface area contributed by atoms with Crippen LogP contribution in [0.25, 0.3) is 10.9 Å². The third-order valence-corrected chi connectivity index (χ3v) is 8.30. The average molecular weight is 475 g/mol. The largest absolute Gasteiger partial charge is 0.461 e. The fourth-order valence-electron chi connectivity index (χ4n) is 6.39. The van der Waals surface area contributed by atoms with Crippen LogP contribution in [0.4, 0.5) is 10.2 Å². The van der Waals surface area contributed by atoms with Crippen LogP contribution in [0.15, 0.2) is 6.20 Å². The van der Waals surface area contributed by atoms with Gasteiger partial charge in [0.15, 0.2) is 11.0 Å². The van der Waals surface area contributed by atoms with E-state index in [-0.39, 0.29) is 33.5 Å². The van der Waals surface area contributed by atoms with Crippen LogP contribution in [0.2, 0.25) is 5.15 Å². The van der Waals surface area contributed by atoms with Crippen molar-refractivity contribution < 1.29 is 13.9 Å². The zero-order valence-electron chi connectivity index (χ0n) is 18.6. The molecule has 1 unspecified atom stereocenters. The van der Waals surface area contributed by atoms with Crippen molar-refractivity contribution in [3.05, 3.63) is 17.2 Å². The second kappa shape index (κ2) is 7.91. The van der Waals surface area contributed by atoms with Gasteiger partial charge in [-0.3, -0.25) is 9.69 Å². The van der Waals surface area contributed by atoms with Gasteiger partial charge in [-0.05, 0) is 51.6 Å². The number of hydrogen-bond donors (Lipinski definition) is 1. The lowest BCUT2D eigenvalue weighted by Gasteiger charge is -2.40. The summed E-state index contributed by atoms with van der Waals surface area (Å²) in [5.41, 5.74) is 0.0411. The van der Waals surface area contributed by atoms with E-state index >= 15 is 4.39 Å². The molecule has 1 amide bonds. The van der Waals surface area contributed by atoms with Crippen LogP contribution in [0, 0.1) is 11.2 Å². The predicted octanol–water partition coefficient (Wildman–Crippen LogP) is 2.93. The molecule has 4 aliphatic rings. The first-order chi connectivity index (χ1) is 16.0. The number of ether oxygens (including phenoxy) is 1. The number of nitrogens with one attached hydrogen (secondary N) is 1. The number of nitrogens with zero attached hydrogens (tertiary/aromatic N) is 5. The van der Waals surface area contributed by atoms with Gasteiger partial charge in [0.1, 0.15) is 17.9 Å². The summed E-state index contributed by atoms with van der Waals surface area (Å²) in [7, 11) is 0. The van der Waals surface area contributed by atoms with Crippen LogP contribution in [0.3, 0.4) is 0 Å². The van der Waals surface area contributed by atoms with E-state index in [1.807, 2.05) is 0 Å². The van der Waals surface area contributed by atoms with Gasteiger partial charge >= 0.3 is 6.01 Å². The molecule has 0 aliphatic carbocycles. The summed E-state index contributed by atoms with van der Waals surface area (Å²) in [5.74, 6) is 0.0298. The van der Waals surface area contributed by atoms with E-state index in [0.717, 1.165) is 45.3 Å². The molecule has 10 heteroatoms. The predicted molar refractivity (Wildman–Crippen MR) is 122 cm³/mol. The highest BCUT2D eigenvalue weighted by atomic mass is 35.5. The third-order valence-electron chi connectivity index (χ3n) is 8.04. The van der Waals surface area contributed by atoms with Crippen LogP contribution < -0.4 is 15.0 Å². The zero-order valence-corrected chi connectivity index (χ0v) is 19.3. The molecule has 4 fully saturated rings. The zero-order chi connectivity index (χ0) is 22.6. The number of piperidine rings is 1. The molecule has 8 nitrogen and oxygen atoms in total. The monoisotopic (exact) mass is 474 g/mol. The number of anilines is 1. The van der Waals surface area contributed by atoms with E-state index in [0.29, 0.717) is 37.3 Å². The Morgan fingerprint density at radius 1 is 1.15 bits per heavy atom. The van der Waals surface area contributed by atoms with Gasteiger partial charge in [-0.15, -0.1) is 0 Å². The maximum atomic E-state index is 15.0. The molecule has 2 aromatic rings. The van der Waals surface area contributed by atoms with Crippen LogP contribution >= 0.6 is 11.6 Å². The van der Waals surface area contributed by atoms with Crippen LogP contribution in [0.5, 0.6) is 6.01 Å². The third kappa shape index (κ3) is 3.60. The van der Waals surface area contributed by atoms with Crippen molar-refractivity contribution in [2.24, 2.45) is 5.41 Å². The van der Waals surface area contributed by atoms with Crippen molar-refractivity contribution in [3.63, 3.8) is 0 Å². The Morgan fingerprint density at radius 3 is 2.70 bits per heavy atom. The molecule has 0 bridgehead atoms. The van der Waals surface area contributed by atoms with Crippen molar-refractivity contribution in [1.82, 2.24) is 25.2 Å². The van der Waals surface area contributed by atoms with Gasteiger partial charge in [-0.1, -0.05) is 11.6 Å². The van der Waals surface area contributed by atoms with Gasteiger partial charge in [0.05, 0.1) is 10.9 Å². The maximum absolute atomic E-state index is 15.0. The lowest BCUT2D eigenvalue weighted by atomic mass is 9.79. The summed E-state index contributed by atoms with van der Waals surface area (Å²) in [4.78, 5) is 29.8. The minimum atomic E-state index is -0.659. The molecule has 0 radical (unpaired) electrons. The van der Waals surface area contributed by atoms with E-state index < -0.39 is 5.82 Å². The summed E-state index contributed by atoms with van der Waals surface area (Å²) in [6.45, 7) is 4.80. The Kier molecular flexibility index (Phi) is 5.10. The van der Waals surface area contributed by atoms with Crippen molar-refractivity contribution in [3.8, 4) is 6.01 Å². The summed E-state index contributed by atoms with van der Waals surface area (Å²) in [5, 5.41) is 3.27. The van der Waals surface area contributed by atoms with Crippen LogP contribution in [0.1, 0.15) is 44.9 Å². The number of rotatable bonds is 4. The van der Waals surface area contributed by atoms with E-state index in [4.69, 9.17) is 21.3 Å². The fourth-order valence-corrected chi connectivity index (χ4v) is 6.53. The molecule has 6 heterocycles. The molecule has 4 saturated heterocycles. The van der Waals surface area contributed by atoms with Crippen molar-refractivity contribution in [2.75, 3.05) is 44.2 Å². The Labute approximate surface area is 196 Å². The lowest BCUT2D eigenvalue weighted by molar-refractivity contribution is -0.119. The molecule has 1 atom stereocenters. The van der Waals surface area contributed by atoms with E-state index in [1.165, 1.54) is 19.0 Å². The van der Waals surface area contributed by atoms with Crippen molar-refractivity contribution in [2.45, 2.75) is 50.5 Å². The van der Waals surface area contributed by atoms with Gasteiger partial charge in [-0.25, -0.2) is 9.37 Å². The number of aromatic nitrogens is 3. The van der Waals surface area contributed by atoms with Crippen LogP contribution in [-0.2, 0) is 4.79 Å².